The van der Waals surface area contributed by atoms with Crippen LogP contribution in [0.4, 0.5) is 0 Å². The van der Waals surface area contributed by atoms with E-state index in [0.717, 1.165) is 31.2 Å². The van der Waals surface area contributed by atoms with Gasteiger partial charge >= 0.3 is 0 Å². The standard InChI is InChI=1S/C15H24O3/c1-3-4-5-6-13(16)9-7-12-8-10-14(17)15(11-12)18-2/h8,10-11,13,16-17H,3-7,9H2,1-2H3. The van der Waals surface area contributed by atoms with Crippen molar-refractivity contribution in [2.45, 2.75) is 51.6 Å². The third-order valence-corrected chi connectivity index (χ3v) is 3.15. The first-order valence-electron chi connectivity index (χ1n) is 6.71. The lowest BCUT2D eigenvalue weighted by Crippen LogP contribution is -2.07. The van der Waals surface area contributed by atoms with Crippen molar-refractivity contribution < 1.29 is 14.9 Å². The molecular weight excluding hydrogens is 228 g/mol. The van der Waals surface area contributed by atoms with Gasteiger partial charge in [0, 0.05) is 0 Å². The smallest absolute Gasteiger partial charge is 0.160 e. The monoisotopic (exact) mass is 252 g/mol. The van der Waals surface area contributed by atoms with Crippen molar-refractivity contribution in [3.8, 4) is 11.5 Å². The normalized spacial score (nSPS) is 12.4. The molecule has 18 heavy (non-hydrogen) atoms. The van der Waals surface area contributed by atoms with E-state index in [1.807, 2.05) is 12.1 Å². The molecule has 1 unspecified atom stereocenters. The maximum Gasteiger partial charge on any atom is 0.160 e. The topological polar surface area (TPSA) is 49.7 Å². The second-order valence-corrected chi connectivity index (χ2v) is 4.69. The van der Waals surface area contributed by atoms with Gasteiger partial charge in [-0.2, -0.15) is 0 Å². The molecule has 0 saturated heterocycles. The molecule has 0 bridgehead atoms. The molecule has 2 N–H and O–H groups in total. The Kier molecular flexibility index (Phi) is 6.58. The number of aryl methyl sites for hydroxylation is 1. The van der Waals surface area contributed by atoms with E-state index in [2.05, 4.69) is 6.92 Å². The zero-order valence-electron chi connectivity index (χ0n) is 11.4. The second kappa shape index (κ2) is 7.98. The van der Waals surface area contributed by atoms with Crippen LogP contribution in [0.1, 0.15) is 44.6 Å². The quantitative estimate of drug-likeness (QED) is 0.698. The summed E-state index contributed by atoms with van der Waals surface area (Å²) in [5, 5.41) is 19.3. The van der Waals surface area contributed by atoms with Gasteiger partial charge in [0.05, 0.1) is 13.2 Å². The minimum atomic E-state index is -0.226. The van der Waals surface area contributed by atoms with Crippen LogP contribution in [0, 0.1) is 0 Å². The van der Waals surface area contributed by atoms with E-state index < -0.39 is 0 Å². The molecule has 1 aromatic rings. The van der Waals surface area contributed by atoms with Crippen LogP contribution in [-0.2, 0) is 6.42 Å². The Hall–Kier alpha value is -1.22. The molecule has 0 aromatic heterocycles. The summed E-state index contributed by atoms with van der Waals surface area (Å²) in [4.78, 5) is 0. The number of methoxy groups -OCH3 is 1. The largest absolute Gasteiger partial charge is 0.504 e. The zero-order valence-corrected chi connectivity index (χ0v) is 11.4. The van der Waals surface area contributed by atoms with Gasteiger partial charge in [0.1, 0.15) is 0 Å². The molecule has 0 heterocycles. The van der Waals surface area contributed by atoms with Gasteiger partial charge in [0.25, 0.3) is 0 Å². The van der Waals surface area contributed by atoms with E-state index in [1.165, 1.54) is 12.8 Å². The average molecular weight is 252 g/mol. The molecule has 0 fully saturated rings. The predicted octanol–water partition coefficient (Wildman–Crippen LogP) is 3.27. The van der Waals surface area contributed by atoms with Crippen molar-refractivity contribution in [3.05, 3.63) is 23.8 Å². The summed E-state index contributed by atoms with van der Waals surface area (Å²) in [5.74, 6) is 0.651. The minimum absolute atomic E-state index is 0.157. The molecule has 0 spiro atoms. The van der Waals surface area contributed by atoms with Crippen molar-refractivity contribution in [1.29, 1.82) is 0 Å². The SMILES string of the molecule is CCCCCC(O)CCc1ccc(O)c(OC)c1. The van der Waals surface area contributed by atoms with Crippen LogP contribution < -0.4 is 4.74 Å². The number of aliphatic hydroxyl groups is 1. The summed E-state index contributed by atoms with van der Waals surface area (Å²) in [6.45, 7) is 2.16. The van der Waals surface area contributed by atoms with Crippen LogP contribution in [-0.4, -0.2) is 23.4 Å². The zero-order chi connectivity index (χ0) is 13.4. The molecule has 0 aliphatic heterocycles. The number of aliphatic hydroxyl groups excluding tert-OH is 1. The van der Waals surface area contributed by atoms with Crippen LogP contribution >= 0.6 is 0 Å². The first-order chi connectivity index (χ1) is 8.67. The number of hydrogen-bond donors (Lipinski definition) is 2. The van der Waals surface area contributed by atoms with E-state index in [9.17, 15) is 10.2 Å². The van der Waals surface area contributed by atoms with E-state index >= 15 is 0 Å². The van der Waals surface area contributed by atoms with Gasteiger partial charge in [-0.1, -0.05) is 32.3 Å². The maximum atomic E-state index is 9.84. The highest BCUT2D eigenvalue weighted by atomic mass is 16.5. The third kappa shape index (κ3) is 4.96. The summed E-state index contributed by atoms with van der Waals surface area (Å²) >= 11 is 0. The van der Waals surface area contributed by atoms with Crippen LogP contribution in [0.25, 0.3) is 0 Å². The summed E-state index contributed by atoms with van der Waals surface area (Å²) in [5.41, 5.74) is 1.08. The molecule has 0 aliphatic carbocycles. The molecular formula is C15H24O3. The molecule has 1 aromatic carbocycles. The molecule has 1 rings (SSSR count). The lowest BCUT2D eigenvalue weighted by molar-refractivity contribution is 0.151. The van der Waals surface area contributed by atoms with Gasteiger partial charge < -0.3 is 14.9 Å². The molecule has 3 heteroatoms. The number of ether oxygens (including phenoxy) is 1. The Morgan fingerprint density at radius 2 is 2.00 bits per heavy atom. The molecule has 0 aliphatic rings. The fraction of sp³-hybridized carbons (Fsp3) is 0.600. The molecule has 102 valence electrons. The van der Waals surface area contributed by atoms with Crippen molar-refractivity contribution >= 4 is 0 Å². The van der Waals surface area contributed by atoms with Crippen LogP contribution in [0.3, 0.4) is 0 Å². The van der Waals surface area contributed by atoms with Crippen LogP contribution in [0.2, 0.25) is 0 Å². The molecule has 0 saturated carbocycles. The fourth-order valence-electron chi connectivity index (χ4n) is 1.99. The number of hydrogen-bond acceptors (Lipinski definition) is 3. The Labute approximate surface area is 109 Å². The van der Waals surface area contributed by atoms with E-state index in [1.54, 1.807) is 13.2 Å². The fourth-order valence-corrected chi connectivity index (χ4v) is 1.99. The number of rotatable bonds is 8. The van der Waals surface area contributed by atoms with E-state index in [4.69, 9.17) is 4.74 Å². The third-order valence-electron chi connectivity index (χ3n) is 3.15. The average Bonchev–Trinajstić information content (AvgIpc) is 2.38. The van der Waals surface area contributed by atoms with Gasteiger partial charge in [-0.05, 0) is 37.0 Å². The summed E-state index contributed by atoms with van der Waals surface area (Å²) < 4.78 is 5.06. The van der Waals surface area contributed by atoms with Crippen LogP contribution in [0.5, 0.6) is 11.5 Å². The van der Waals surface area contributed by atoms with Gasteiger partial charge in [0.15, 0.2) is 11.5 Å². The summed E-state index contributed by atoms with van der Waals surface area (Å²) in [7, 11) is 1.54. The van der Waals surface area contributed by atoms with E-state index in [-0.39, 0.29) is 11.9 Å². The van der Waals surface area contributed by atoms with Gasteiger partial charge in [-0.3, -0.25) is 0 Å². The summed E-state index contributed by atoms with van der Waals surface area (Å²) in [6, 6.07) is 5.34. The molecule has 0 amide bonds. The van der Waals surface area contributed by atoms with Crippen molar-refractivity contribution in [2.75, 3.05) is 7.11 Å². The Morgan fingerprint density at radius 3 is 2.67 bits per heavy atom. The highest BCUT2D eigenvalue weighted by molar-refractivity contribution is 5.41. The van der Waals surface area contributed by atoms with Crippen molar-refractivity contribution in [2.24, 2.45) is 0 Å². The summed E-state index contributed by atoms with van der Waals surface area (Å²) in [6.07, 6.45) is 5.68. The van der Waals surface area contributed by atoms with Gasteiger partial charge in [-0.15, -0.1) is 0 Å². The maximum absolute atomic E-state index is 9.84. The minimum Gasteiger partial charge on any atom is -0.504 e. The highest BCUT2D eigenvalue weighted by Gasteiger charge is 2.06. The number of unbranched alkanes of at least 4 members (excludes halogenated alkanes) is 2. The van der Waals surface area contributed by atoms with E-state index in [0.29, 0.717) is 5.75 Å². The Bertz CT molecular complexity index is 350. The molecule has 3 nitrogen and oxygen atoms in total. The Balaban J connectivity index is 2.38. The number of phenols is 1. The number of benzene rings is 1. The molecule has 1 atom stereocenters. The number of aromatic hydroxyl groups is 1. The van der Waals surface area contributed by atoms with Gasteiger partial charge in [-0.25, -0.2) is 0 Å². The second-order valence-electron chi connectivity index (χ2n) is 4.69. The lowest BCUT2D eigenvalue weighted by Gasteiger charge is -2.11. The van der Waals surface area contributed by atoms with Crippen LogP contribution in [0.15, 0.2) is 18.2 Å². The van der Waals surface area contributed by atoms with Gasteiger partial charge in [0.2, 0.25) is 0 Å². The lowest BCUT2D eigenvalue weighted by atomic mass is 10.0. The Morgan fingerprint density at radius 1 is 1.22 bits per heavy atom. The first kappa shape index (κ1) is 14.8. The predicted molar refractivity (Wildman–Crippen MR) is 73.1 cm³/mol. The number of phenolic OH excluding ortho intramolecular Hbond substituents is 1. The first-order valence-corrected chi connectivity index (χ1v) is 6.71. The van der Waals surface area contributed by atoms with Crippen molar-refractivity contribution in [3.63, 3.8) is 0 Å². The molecule has 0 radical (unpaired) electrons. The highest BCUT2D eigenvalue weighted by Crippen LogP contribution is 2.27. The van der Waals surface area contributed by atoms with Crippen molar-refractivity contribution in [1.82, 2.24) is 0 Å².